The van der Waals surface area contributed by atoms with Crippen molar-refractivity contribution in [3.63, 3.8) is 0 Å². The van der Waals surface area contributed by atoms with Gasteiger partial charge in [-0.2, -0.15) is 0 Å². The van der Waals surface area contributed by atoms with E-state index < -0.39 is 22.8 Å². The summed E-state index contributed by atoms with van der Waals surface area (Å²) in [5.74, 6) is 0.414. The summed E-state index contributed by atoms with van der Waals surface area (Å²) < 4.78 is 10.7. The molecule has 5 rings (SSSR count). The molecule has 1 saturated heterocycles. The number of benzene rings is 2. The van der Waals surface area contributed by atoms with Crippen LogP contribution in [0.5, 0.6) is 11.5 Å². The number of aromatic nitrogens is 2. The third-order valence-electron chi connectivity index (χ3n) is 5.48. The van der Waals surface area contributed by atoms with Crippen molar-refractivity contribution in [2.24, 2.45) is 0 Å². The van der Waals surface area contributed by atoms with E-state index in [1.807, 2.05) is 6.07 Å². The zero-order valence-corrected chi connectivity index (χ0v) is 19.0. The Morgan fingerprint density at radius 2 is 2.00 bits per heavy atom. The highest BCUT2D eigenvalue weighted by molar-refractivity contribution is 7.18. The summed E-state index contributed by atoms with van der Waals surface area (Å²) in [7, 11) is 0. The van der Waals surface area contributed by atoms with Crippen LogP contribution in [0.1, 0.15) is 23.2 Å². The number of non-ortho nitro benzene ring substituents is 1. The molecule has 0 aliphatic carbocycles. The molecule has 2 aliphatic rings. The molecule has 0 bridgehead atoms. The normalized spacial score (nSPS) is 16.5. The molecule has 0 spiro atoms. The van der Waals surface area contributed by atoms with Crippen molar-refractivity contribution in [1.82, 2.24) is 15.1 Å². The Hall–Kier alpha value is -3.77. The summed E-state index contributed by atoms with van der Waals surface area (Å²) in [5, 5.41) is 22.7. The van der Waals surface area contributed by atoms with Gasteiger partial charge in [0.1, 0.15) is 11.0 Å². The van der Waals surface area contributed by atoms with Gasteiger partial charge < -0.3 is 14.4 Å². The molecule has 2 aromatic carbocycles. The number of nitro benzene ring substituents is 1. The highest BCUT2D eigenvalue weighted by atomic mass is 35.5. The molecule has 3 heterocycles. The molecule has 1 unspecified atom stereocenters. The highest BCUT2D eigenvalue weighted by Gasteiger charge is 2.36. The first-order valence-electron chi connectivity index (χ1n) is 10.2. The van der Waals surface area contributed by atoms with Crippen molar-refractivity contribution in [1.29, 1.82) is 0 Å². The van der Waals surface area contributed by atoms with Crippen molar-refractivity contribution < 1.29 is 24.0 Å². The summed E-state index contributed by atoms with van der Waals surface area (Å²) in [6.07, 6.45) is 1.10. The van der Waals surface area contributed by atoms with Gasteiger partial charge in [0, 0.05) is 24.2 Å². The fourth-order valence-electron chi connectivity index (χ4n) is 3.84. The Balaban J connectivity index is 1.29. The predicted molar refractivity (Wildman–Crippen MR) is 122 cm³/mol. The van der Waals surface area contributed by atoms with E-state index in [1.165, 1.54) is 28.4 Å². The van der Waals surface area contributed by atoms with Gasteiger partial charge in [0.2, 0.25) is 17.8 Å². The highest BCUT2D eigenvalue weighted by Crippen LogP contribution is 2.37. The number of nitro groups is 1. The number of hydrogen-bond donors (Lipinski definition) is 1. The second kappa shape index (κ2) is 8.88. The van der Waals surface area contributed by atoms with Gasteiger partial charge in [-0.3, -0.25) is 25.0 Å². The maximum atomic E-state index is 13.0. The molecule has 1 aromatic heterocycles. The van der Waals surface area contributed by atoms with Gasteiger partial charge in [-0.25, -0.2) is 0 Å². The van der Waals surface area contributed by atoms with Crippen molar-refractivity contribution in [3.8, 4) is 22.1 Å². The third kappa shape index (κ3) is 4.13. The molecule has 2 amide bonds. The van der Waals surface area contributed by atoms with Crippen LogP contribution in [-0.4, -0.2) is 51.2 Å². The first-order chi connectivity index (χ1) is 16.4. The van der Waals surface area contributed by atoms with Gasteiger partial charge >= 0.3 is 0 Å². The number of rotatable bonds is 5. The number of halogens is 1. The van der Waals surface area contributed by atoms with Gasteiger partial charge in [0.05, 0.1) is 15.5 Å². The molecule has 1 N–H and O–H groups in total. The van der Waals surface area contributed by atoms with E-state index in [1.54, 1.807) is 12.1 Å². The lowest BCUT2D eigenvalue weighted by Gasteiger charge is -2.23. The fraction of sp³-hybridized carbons (Fsp3) is 0.238. The summed E-state index contributed by atoms with van der Waals surface area (Å²) >= 11 is 7.31. The zero-order valence-electron chi connectivity index (χ0n) is 17.4. The zero-order chi connectivity index (χ0) is 23.8. The Morgan fingerprint density at radius 3 is 2.79 bits per heavy atom. The SMILES string of the molecule is O=C(Nc1nnc(-c2ccc3c(c2)OCO3)s1)C1CCCN1C(=O)c1ccc([N+](=O)[O-])cc1Cl. The summed E-state index contributed by atoms with van der Waals surface area (Å²) in [6.45, 7) is 0.528. The summed E-state index contributed by atoms with van der Waals surface area (Å²) in [5.41, 5.74) is 0.660. The Morgan fingerprint density at radius 1 is 1.18 bits per heavy atom. The number of nitrogens with zero attached hydrogens (tertiary/aromatic N) is 4. The lowest BCUT2D eigenvalue weighted by Crippen LogP contribution is -2.43. The summed E-state index contributed by atoms with van der Waals surface area (Å²) in [4.78, 5) is 37.8. The van der Waals surface area contributed by atoms with Crippen molar-refractivity contribution in [2.75, 3.05) is 18.7 Å². The van der Waals surface area contributed by atoms with Crippen LogP contribution >= 0.6 is 22.9 Å². The minimum Gasteiger partial charge on any atom is -0.454 e. The maximum absolute atomic E-state index is 13.0. The van der Waals surface area contributed by atoms with Crippen LogP contribution in [0.4, 0.5) is 10.8 Å². The number of hydrogen-bond acceptors (Lipinski definition) is 9. The lowest BCUT2D eigenvalue weighted by molar-refractivity contribution is -0.384. The molecule has 11 nitrogen and oxygen atoms in total. The Labute approximate surface area is 201 Å². The number of carbonyl (C=O) groups is 2. The molecule has 1 fully saturated rings. The summed E-state index contributed by atoms with van der Waals surface area (Å²) in [6, 6.07) is 8.31. The van der Waals surface area contributed by atoms with Crippen LogP contribution in [0.15, 0.2) is 36.4 Å². The van der Waals surface area contributed by atoms with Crippen LogP contribution in [0, 0.1) is 10.1 Å². The van der Waals surface area contributed by atoms with E-state index >= 15 is 0 Å². The number of carbonyl (C=O) groups excluding carboxylic acids is 2. The van der Waals surface area contributed by atoms with E-state index in [4.69, 9.17) is 21.1 Å². The van der Waals surface area contributed by atoms with Gasteiger partial charge in [0.25, 0.3) is 11.6 Å². The Bertz CT molecular complexity index is 1310. The number of likely N-dealkylation sites (tertiary alicyclic amines) is 1. The van der Waals surface area contributed by atoms with Gasteiger partial charge in [0.15, 0.2) is 11.5 Å². The molecular formula is C21H16ClN5O6S. The minimum absolute atomic E-state index is 0.0391. The van der Waals surface area contributed by atoms with E-state index in [-0.39, 0.29) is 23.1 Å². The predicted octanol–water partition coefficient (Wildman–Crippen LogP) is 3.74. The van der Waals surface area contributed by atoms with E-state index in [0.717, 1.165) is 11.6 Å². The molecule has 13 heteroatoms. The number of ether oxygens (including phenoxy) is 2. The second-order valence-electron chi connectivity index (χ2n) is 7.55. The van der Waals surface area contributed by atoms with E-state index in [0.29, 0.717) is 41.0 Å². The van der Waals surface area contributed by atoms with Crippen molar-refractivity contribution >= 4 is 45.6 Å². The molecule has 0 radical (unpaired) electrons. The fourth-order valence-corrected chi connectivity index (χ4v) is 4.84. The molecule has 0 saturated carbocycles. The lowest BCUT2D eigenvalue weighted by atomic mass is 10.1. The minimum atomic E-state index is -0.725. The average molecular weight is 502 g/mol. The van der Waals surface area contributed by atoms with Crippen LogP contribution in [-0.2, 0) is 4.79 Å². The monoisotopic (exact) mass is 501 g/mol. The van der Waals surface area contributed by atoms with Gasteiger partial charge in [-0.1, -0.05) is 22.9 Å². The van der Waals surface area contributed by atoms with Gasteiger partial charge in [-0.15, -0.1) is 10.2 Å². The number of nitrogens with one attached hydrogen (secondary N) is 1. The van der Waals surface area contributed by atoms with Crippen LogP contribution in [0.3, 0.4) is 0 Å². The first-order valence-corrected chi connectivity index (χ1v) is 11.4. The first kappa shape index (κ1) is 22.0. The third-order valence-corrected chi connectivity index (χ3v) is 6.69. The second-order valence-corrected chi connectivity index (χ2v) is 8.93. The molecule has 3 aromatic rings. The molecule has 1 atom stereocenters. The number of fused-ring (bicyclic) bond motifs is 1. The average Bonchev–Trinajstić information content (AvgIpc) is 3.58. The van der Waals surface area contributed by atoms with E-state index in [2.05, 4.69) is 15.5 Å². The van der Waals surface area contributed by atoms with Crippen LogP contribution in [0.25, 0.3) is 10.6 Å². The maximum Gasteiger partial charge on any atom is 0.270 e. The number of amides is 2. The molecule has 174 valence electrons. The van der Waals surface area contributed by atoms with Crippen molar-refractivity contribution in [2.45, 2.75) is 18.9 Å². The smallest absolute Gasteiger partial charge is 0.270 e. The number of anilines is 1. The Kier molecular flexibility index (Phi) is 5.75. The standard InChI is InChI=1S/C21H16ClN5O6S/c22-14-9-12(27(30)31)4-5-13(14)20(29)26-7-1-2-15(26)18(28)23-21-25-24-19(34-21)11-3-6-16-17(8-11)33-10-32-16/h3-6,8-9,15H,1-2,7,10H2,(H,23,25,28). The van der Waals surface area contributed by atoms with Crippen LogP contribution < -0.4 is 14.8 Å². The van der Waals surface area contributed by atoms with E-state index in [9.17, 15) is 19.7 Å². The quantitative estimate of drug-likeness (QED) is 0.412. The molecular weight excluding hydrogens is 486 g/mol. The largest absolute Gasteiger partial charge is 0.454 e. The topological polar surface area (TPSA) is 137 Å². The van der Waals surface area contributed by atoms with Crippen LogP contribution in [0.2, 0.25) is 5.02 Å². The van der Waals surface area contributed by atoms with Crippen molar-refractivity contribution in [3.05, 3.63) is 57.1 Å². The molecule has 2 aliphatic heterocycles. The molecule has 34 heavy (non-hydrogen) atoms. The van der Waals surface area contributed by atoms with Gasteiger partial charge in [-0.05, 0) is 37.1 Å².